The second-order valence-electron chi connectivity index (χ2n) is 5.03. The normalized spacial score (nSPS) is 14.7. The highest BCUT2D eigenvalue weighted by Crippen LogP contribution is 2.28. The molecule has 2 aromatic rings. The molecule has 1 aromatic carbocycles. The molecule has 2 heterocycles. The molecule has 0 bridgehead atoms. The number of fused-ring (bicyclic) bond motifs is 1. The largest absolute Gasteiger partial charge is 0.490 e. The Kier molecular flexibility index (Phi) is 3.92. The number of Topliss-reactive ketones (excluding diaryl/α,β-unsaturated/α-hetero) is 1. The number of carbonyl (C=O) groups is 1. The van der Waals surface area contributed by atoms with Gasteiger partial charge in [-0.1, -0.05) is 0 Å². The number of hydrogen-bond acceptors (Lipinski definition) is 5. The van der Waals surface area contributed by atoms with Crippen LogP contribution in [0.3, 0.4) is 0 Å². The van der Waals surface area contributed by atoms with Crippen molar-refractivity contribution in [2.45, 2.75) is 19.5 Å². The number of ether oxygens (including phenoxy) is 1. The van der Waals surface area contributed by atoms with Crippen LogP contribution in [0.1, 0.15) is 23.0 Å². The zero-order valence-electron chi connectivity index (χ0n) is 11.9. The first-order chi connectivity index (χ1) is 10.2. The van der Waals surface area contributed by atoms with E-state index in [1.54, 1.807) is 12.3 Å². The first-order valence-electron chi connectivity index (χ1n) is 7.05. The molecule has 21 heavy (non-hydrogen) atoms. The van der Waals surface area contributed by atoms with Crippen LogP contribution in [0.5, 0.6) is 5.75 Å². The molecule has 1 unspecified atom stereocenters. The van der Waals surface area contributed by atoms with E-state index in [-0.39, 0.29) is 11.8 Å². The Labute approximate surface area is 123 Å². The third-order valence-corrected chi connectivity index (χ3v) is 3.50. The Morgan fingerprint density at radius 2 is 2.33 bits per heavy atom. The van der Waals surface area contributed by atoms with Crippen LogP contribution in [-0.2, 0) is 6.54 Å². The molecule has 1 aliphatic heterocycles. The number of benzene rings is 1. The van der Waals surface area contributed by atoms with Gasteiger partial charge in [0.25, 0.3) is 0 Å². The van der Waals surface area contributed by atoms with Gasteiger partial charge in [0.15, 0.2) is 5.78 Å². The molecular formula is C16H18N2O3. The second-order valence-corrected chi connectivity index (χ2v) is 5.03. The predicted molar refractivity (Wildman–Crippen MR) is 79.8 cm³/mol. The van der Waals surface area contributed by atoms with Crippen molar-refractivity contribution >= 4 is 11.5 Å². The lowest BCUT2D eigenvalue weighted by atomic mass is 10.0. The van der Waals surface area contributed by atoms with Gasteiger partial charge in [0.2, 0.25) is 0 Å². The Morgan fingerprint density at radius 1 is 1.43 bits per heavy atom. The molecular weight excluding hydrogens is 268 g/mol. The molecule has 3 rings (SSSR count). The summed E-state index contributed by atoms with van der Waals surface area (Å²) in [5.74, 6) is 1.67. The highest BCUT2D eigenvalue weighted by molar-refractivity contribution is 6.01. The molecule has 0 fully saturated rings. The standard InChI is InChI=1S/C16H18N2O3/c1-11(18-10-13-3-2-7-20-13)16(19)12-4-5-15-14(9-12)17-6-8-21-15/h2-5,7,9,11,17-18H,6,8,10H2,1H3. The van der Waals surface area contributed by atoms with Crippen LogP contribution in [0.25, 0.3) is 0 Å². The molecule has 5 heteroatoms. The third-order valence-electron chi connectivity index (χ3n) is 3.50. The van der Waals surface area contributed by atoms with E-state index in [0.29, 0.717) is 18.7 Å². The maximum absolute atomic E-state index is 12.4. The molecule has 0 aliphatic carbocycles. The van der Waals surface area contributed by atoms with Crippen LogP contribution in [0.2, 0.25) is 0 Å². The number of furan rings is 1. The van der Waals surface area contributed by atoms with E-state index in [4.69, 9.17) is 9.15 Å². The number of carbonyl (C=O) groups excluding carboxylic acids is 1. The molecule has 5 nitrogen and oxygen atoms in total. The molecule has 0 spiro atoms. The van der Waals surface area contributed by atoms with Crippen molar-refractivity contribution in [2.24, 2.45) is 0 Å². The highest BCUT2D eigenvalue weighted by Gasteiger charge is 2.18. The molecule has 1 atom stereocenters. The molecule has 0 saturated carbocycles. The third kappa shape index (κ3) is 3.08. The van der Waals surface area contributed by atoms with Crippen LogP contribution in [0.4, 0.5) is 5.69 Å². The predicted octanol–water partition coefficient (Wildman–Crippen LogP) is 2.44. The Bertz CT molecular complexity index is 622. The fourth-order valence-electron chi connectivity index (χ4n) is 2.30. The SMILES string of the molecule is CC(NCc1ccco1)C(=O)c1ccc2c(c1)NCCO2. The monoisotopic (exact) mass is 286 g/mol. The number of nitrogens with one attached hydrogen (secondary N) is 2. The lowest BCUT2D eigenvalue weighted by Crippen LogP contribution is -2.33. The number of rotatable bonds is 5. The van der Waals surface area contributed by atoms with Gasteiger partial charge in [-0.05, 0) is 37.3 Å². The Morgan fingerprint density at radius 3 is 3.14 bits per heavy atom. The minimum absolute atomic E-state index is 0.0525. The summed E-state index contributed by atoms with van der Waals surface area (Å²) in [6.07, 6.45) is 1.62. The van der Waals surface area contributed by atoms with Gasteiger partial charge >= 0.3 is 0 Å². The smallest absolute Gasteiger partial charge is 0.179 e. The van der Waals surface area contributed by atoms with Crippen LogP contribution in [0, 0.1) is 0 Å². The molecule has 0 radical (unpaired) electrons. The van der Waals surface area contributed by atoms with Gasteiger partial charge < -0.3 is 19.8 Å². The number of anilines is 1. The summed E-state index contributed by atoms with van der Waals surface area (Å²) in [6, 6.07) is 8.93. The Balaban J connectivity index is 1.66. The van der Waals surface area contributed by atoms with Gasteiger partial charge in [-0.15, -0.1) is 0 Å². The fourth-order valence-corrected chi connectivity index (χ4v) is 2.30. The van der Waals surface area contributed by atoms with Crippen molar-refractivity contribution < 1.29 is 13.9 Å². The molecule has 0 amide bonds. The van der Waals surface area contributed by atoms with Gasteiger partial charge in [0.05, 0.1) is 24.5 Å². The first kappa shape index (κ1) is 13.7. The highest BCUT2D eigenvalue weighted by atomic mass is 16.5. The zero-order valence-corrected chi connectivity index (χ0v) is 11.9. The topological polar surface area (TPSA) is 63.5 Å². The van der Waals surface area contributed by atoms with E-state index in [2.05, 4.69) is 10.6 Å². The summed E-state index contributed by atoms with van der Waals surface area (Å²) in [5, 5.41) is 6.41. The summed E-state index contributed by atoms with van der Waals surface area (Å²) in [6.45, 7) is 3.80. The van der Waals surface area contributed by atoms with E-state index in [1.165, 1.54) is 0 Å². The van der Waals surface area contributed by atoms with E-state index in [0.717, 1.165) is 23.7 Å². The summed E-state index contributed by atoms with van der Waals surface area (Å²) in [5.41, 5.74) is 1.55. The van der Waals surface area contributed by atoms with Crippen molar-refractivity contribution in [3.05, 3.63) is 47.9 Å². The molecule has 0 saturated heterocycles. The van der Waals surface area contributed by atoms with Crippen molar-refractivity contribution in [3.8, 4) is 5.75 Å². The van der Waals surface area contributed by atoms with Crippen LogP contribution >= 0.6 is 0 Å². The molecule has 1 aliphatic rings. The van der Waals surface area contributed by atoms with Gasteiger partial charge in [0.1, 0.15) is 18.1 Å². The van der Waals surface area contributed by atoms with Crippen LogP contribution in [0.15, 0.2) is 41.0 Å². The van der Waals surface area contributed by atoms with Gasteiger partial charge in [-0.2, -0.15) is 0 Å². The van der Waals surface area contributed by atoms with Gasteiger partial charge in [0, 0.05) is 12.1 Å². The van der Waals surface area contributed by atoms with Crippen molar-refractivity contribution in [2.75, 3.05) is 18.5 Å². The van der Waals surface area contributed by atoms with Crippen LogP contribution < -0.4 is 15.4 Å². The molecule has 110 valence electrons. The minimum Gasteiger partial charge on any atom is -0.490 e. The van der Waals surface area contributed by atoms with Crippen molar-refractivity contribution in [3.63, 3.8) is 0 Å². The lowest BCUT2D eigenvalue weighted by Gasteiger charge is -2.20. The average molecular weight is 286 g/mol. The van der Waals surface area contributed by atoms with Crippen LogP contribution in [-0.4, -0.2) is 25.0 Å². The van der Waals surface area contributed by atoms with E-state index in [1.807, 2.05) is 31.2 Å². The summed E-state index contributed by atoms with van der Waals surface area (Å²) in [4.78, 5) is 12.4. The van der Waals surface area contributed by atoms with Gasteiger partial charge in [-0.25, -0.2) is 0 Å². The summed E-state index contributed by atoms with van der Waals surface area (Å²) in [7, 11) is 0. The first-order valence-corrected chi connectivity index (χ1v) is 7.05. The van der Waals surface area contributed by atoms with E-state index >= 15 is 0 Å². The second kappa shape index (κ2) is 6.01. The van der Waals surface area contributed by atoms with Gasteiger partial charge in [-0.3, -0.25) is 4.79 Å². The number of hydrogen-bond donors (Lipinski definition) is 2. The number of ketones is 1. The van der Waals surface area contributed by atoms with E-state index < -0.39 is 0 Å². The summed E-state index contributed by atoms with van der Waals surface area (Å²) < 4.78 is 10.8. The average Bonchev–Trinajstić information content (AvgIpc) is 3.05. The van der Waals surface area contributed by atoms with Crippen molar-refractivity contribution in [1.29, 1.82) is 0 Å². The molecule has 2 N–H and O–H groups in total. The van der Waals surface area contributed by atoms with Crippen molar-refractivity contribution in [1.82, 2.24) is 5.32 Å². The lowest BCUT2D eigenvalue weighted by molar-refractivity contribution is 0.0949. The maximum Gasteiger partial charge on any atom is 0.179 e. The Hall–Kier alpha value is -2.27. The zero-order chi connectivity index (χ0) is 14.7. The molecule has 1 aromatic heterocycles. The quantitative estimate of drug-likeness (QED) is 0.827. The fraction of sp³-hybridized carbons (Fsp3) is 0.312. The summed E-state index contributed by atoms with van der Waals surface area (Å²) >= 11 is 0. The minimum atomic E-state index is -0.280. The maximum atomic E-state index is 12.4. The van der Waals surface area contributed by atoms with E-state index in [9.17, 15) is 4.79 Å².